The van der Waals surface area contributed by atoms with Gasteiger partial charge in [-0.05, 0) is 0 Å². The molecule has 3 heteroatoms. The summed E-state index contributed by atoms with van der Waals surface area (Å²) in [5.74, 6) is 0. The van der Waals surface area contributed by atoms with Crippen LogP contribution >= 0.6 is 17.8 Å². The maximum atomic E-state index is 5.87. The Labute approximate surface area is 75.3 Å². The summed E-state index contributed by atoms with van der Waals surface area (Å²) in [6.45, 7) is 2.04. The van der Waals surface area contributed by atoms with E-state index in [0.717, 1.165) is 0 Å². The van der Waals surface area contributed by atoms with Crippen molar-refractivity contribution in [2.45, 2.75) is 6.92 Å². The summed E-state index contributed by atoms with van der Waals surface area (Å²) >= 11 is -2.13. The van der Waals surface area contributed by atoms with Gasteiger partial charge in [0.1, 0.15) is 0 Å². The van der Waals surface area contributed by atoms with E-state index in [1.54, 1.807) is 0 Å². The Morgan fingerprint density at radius 3 is 2.20 bits per heavy atom. The van der Waals surface area contributed by atoms with Crippen LogP contribution in [0.2, 0.25) is 0 Å². The molecule has 0 heterocycles. The predicted molar refractivity (Wildman–Crippen MR) is 48.3 cm³/mol. The average Bonchev–Trinajstić information content (AvgIpc) is 1.88. The van der Waals surface area contributed by atoms with Crippen molar-refractivity contribution < 1.29 is 0 Å². The Morgan fingerprint density at radius 2 is 1.80 bits per heavy atom. The molecule has 0 unspecified atom stereocenters. The zero-order valence-electron chi connectivity index (χ0n) is 5.57. The van der Waals surface area contributed by atoms with Crippen molar-refractivity contribution in [3.63, 3.8) is 0 Å². The number of rotatable bonds is 1. The van der Waals surface area contributed by atoms with E-state index >= 15 is 0 Å². The predicted octanol–water partition coefficient (Wildman–Crippen LogP) is 2.17. The van der Waals surface area contributed by atoms with Crippen LogP contribution in [-0.4, -0.2) is 17.5 Å². The molecule has 0 atom stereocenters. The van der Waals surface area contributed by atoms with Gasteiger partial charge in [-0.1, -0.05) is 0 Å². The number of benzene rings is 1. The molecule has 0 amide bonds. The van der Waals surface area contributed by atoms with E-state index in [9.17, 15) is 0 Å². The number of halogens is 2. The molecule has 0 aliphatic rings. The van der Waals surface area contributed by atoms with Crippen LogP contribution in [0.1, 0.15) is 5.56 Å². The molecule has 0 spiro atoms. The van der Waals surface area contributed by atoms with Crippen LogP contribution in [0, 0.1) is 6.92 Å². The van der Waals surface area contributed by atoms with Gasteiger partial charge >= 0.3 is 75.7 Å². The molecule has 53 valence electrons. The molecule has 10 heavy (non-hydrogen) atoms. The second kappa shape index (κ2) is 3.84. The van der Waals surface area contributed by atoms with Gasteiger partial charge in [0.25, 0.3) is 0 Å². The Kier molecular flexibility index (Phi) is 3.34. The monoisotopic (exact) mass is 281 g/mol. The molecular weight excluding hydrogens is 274 g/mol. The fourth-order valence-electron chi connectivity index (χ4n) is 0.785. The zero-order valence-corrected chi connectivity index (χ0v) is 9.93. The molecule has 0 nitrogen and oxygen atoms in total. The van der Waals surface area contributed by atoms with Gasteiger partial charge in [-0.15, -0.1) is 0 Å². The molecule has 0 bridgehead atoms. The Balaban J connectivity index is 3.03. The molecule has 0 aliphatic heterocycles. The number of aryl methyl sites for hydroxylation is 1. The number of hydrogen-bond donors (Lipinski definition) is 0. The van der Waals surface area contributed by atoms with E-state index in [0.29, 0.717) is 0 Å². The average molecular weight is 281 g/mol. The molecule has 0 aliphatic carbocycles. The SMILES string of the molecule is Cc1cccc[c]1[Sn]([Cl])[Cl]. The van der Waals surface area contributed by atoms with E-state index in [2.05, 4.69) is 0 Å². The second-order valence-corrected chi connectivity index (χ2v) is 11.5. The quantitative estimate of drug-likeness (QED) is 0.692. The summed E-state index contributed by atoms with van der Waals surface area (Å²) in [6, 6.07) is 8.04. The van der Waals surface area contributed by atoms with Crippen molar-refractivity contribution in [2.75, 3.05) is 0 Å². The van der Waals surface area contributed by atoms with Crippen molar-refractivity contribution in [2.24, 2.45) is 0 Å². The van der Waals surface area contributed by atoms with Crippen LogP contribution in [0.25, 0.3) is 0 Å². The van der Waals surface area contributed by atoms with Gasteiger partial charge in [-0.2, -0.15) is 0 Å². The van der Waals surface area contributed by atoms with E-state index in [1.807, 2.05) is 31.2 Å². The Bertz CT molecular complexity index is 223. The summed E-state index contributed by atoms with van der Waals surface area (Å²) in [5.41, 5.74) is 1.22. The summed E-state index contributed by atoms with van der Waals surface area (Å²) in [5, 5.41) is 0. The van der Waals surface area contributed by atoms with Gasteiger partial charge < -0.3 is 0 Å². The van der Waals surface area contributed by atoms with E-state index in [-0.39, 0.29) is 0 Å². The Hall–Kier alpha value is 0.599. The van der Waals surface area contributed by atoms with Gasteiger partial charge in [0, 0.05) is 0 Å². The van der Waals surface area contributed by atoms with E-state index in [1.165, 1.54) is 9.14 Å². The molecule has 1 rings (SSSR count). The fourth-order valence-corrected chi connectivity index (χ4v) is 5.35. The molecule has 1 aromatic rings. The molecule has 0 N–H and O–H groups in total. The summed E-state index contributed by atoms with van der Waals surface area (Å²) in [6.07, 6.45) is 0. The van der Waals surface area contributed by atoms with Crippen LogP contribution in [0.5, 0.6) is 0 Å². The summed E-state index contributed by atoms with van der Waals surface area (Å²) < 4.78 is 1.19. The Morgan fingerprint density at radius 1 is 1.20 bits per heavy atom. The first-order valence-corrected chi connectivity index (χ1v) is 11.6. The molecular formula is C7H7Cl2Sn. The van der Waals surface area contributed by atoms with E-state index < -0.39 is 17.5 Å². The van der Waals surface area contributed by atoms with Crippen LogP contribution in [0.3, 0.4) is 0 Å². The van der Waals surface area contributed by atoms with Crippen LogP contribution in [-0.2, 0) is 0 Å². The first-order chi connectivity index (χ1) is 4.72. The van der Waals surface area contributed by atoms with Gasteiger partial charge in [0.2, 0.25) is 0 Å². The fraction of sp³-hybridized carbons (Fsp3) is 0.143. The van der Waals surface area contributed by atoms with Crippen molar-refractivity contribution in [1.29, 1.82) is 0 Å². The van der Waals surface area contributed by atoms with Crippen LogP contribution in [0.4, 0.5) is 0 Å². The van der Waals surface area contributed by atoms with Gasteiger partial charge in [-0.25, -0.2) is 0 Å². The van der Waals surface area contributed by atoms with Crippen molar-refractivity contribution >= 4 is 38.9 Å². The van der Waals surface area contributed by atoms with Crippen molar-refractivity contribution in [1.82, 2.24) is 0 Å². The van der Waals surface area contributed by atoms with Crippen molar-refractivity contribution in [3.8, 4) is 0 Å². The second-order valence-electron chi connectivity index (χ2n) is 2.08. The molecule has 0 fully saturated rings. The molecule has 0 aromatic heterocycles. The zero-order chi connectivity index (χ0) is 7.56. The van der Waals surface area contributed by atoms with Gasteiger partial charge in [0.05, 0.1) is 0 Å². The van der Waals surface area contributed by atoms with Crippen LogP contribution < -0.4 is 3.58 Å². The molecule has 0 saturated heterocycles. The molecule has 1 radical (unpaired) electrons. The maximum absolute atomic E-state index is 5.87. The first-order valence-electron chi connectivity index (χ1n) is 2.96. The third kappa shape index (κ3) is 2.04. The minimum absolute atomic E-state index is 1.19. The third-order valence-electron chi connectivity index (χ3n) is 1.35. The topological polar surface area (TPSA) is 0 Å². The standard InChI is InChI=1S/C7H7.2ClH.Sn/c1-7-5-3-2-4-6-7;;;/h2-5H,1H3;2*1H;/q;;;+2/p-2. The summed E-state index contributed by atoms with van der Waals surface area (Å²) in [4.78, 5) is 0. The van der Waals surface area contributed by atoms with Gasteiger partial charge in [0.15, 0.2) is 0 Å². The van der Waals surface area contributed by atoms with Crippen molar-refractivity contribution in [3.05, 3.63) is 29.8 Å². The normalized spacial score (nSPS) is 10.4. The summed E-state index contributed by atoms with van der Waals surface area (Å²) in [7, 11) is 11.7. The van der Waals surface area contributed by atoms with Crippen LogP contribution in [0.15, 0.2) is 24.3 Å². The van der Waals surface area contributed by atoms with E-state index in [4.69, 9.17) is 17.8 Å². The van der Waals surface area contributed by atoms with Gasteiger partial charge in [-0.3, -0.25) is 0 Å². The third-order valence-corrected chi connectivity index (χ3v) is 6.84. The minimum atomic E-state index is -2.13. The molecule has 0 saturated carbocycles. The molecule has 1 aromatic carbocycles. The first kappa shape index (κ1) is 8.69. The number of hydrogen-bond acceptors (Lipinski definition) is 0.